The van der Waals surface area contributed by atoms with Crippen molar-refractivity contribution < 1.29 is 14.6 Å². The van der Waals surface area contributed by atoms with Gasteiger partial charge in [0, 0.05) is 5.56 Å². The number of aryl methyl sites for hydroxylation is 1. The van der Waals surface area contributed by atoms with Gasteiger partial charge in [-0.05, 0) is 56.5 Å². The number of benzene rings is 1. The van der Waals surface area contributed by atoms with E-state index in [0.717, 1.165) is 11.3 Å². The monoisotopic (exact) mass is 322 g/mol. The highest BCUT2D eigenvalue weighted by molar-refractivity contribution is 6.74. The molecule has 1 saturated carbocycles. The van der Waals surface area contributed by atoms with Gasteiger partial charge in [0.05, 0.1) is 5.60 Å². The lowest BCUT2D eigenvalue weighted by molar-refractivity contribution is -0.0858. The van der Waals surface area contributed by atoms with E-state index in [1.54, 1.807) is 6.92 Å². The molecule has 1 atom stereocenters. The van der Waals surface area contributed by atoms with E-state index in [1.807, 2.05) is 25.1 Å². The number of hydrogen-bond donors (Lipinski definition) is 2. The number of aliphatic hydroxyl groups is 2. The van der Waals surface area contributed by atoms with E-state index in [9.17, 15) is 10.2 Å². The van der Waals surface area contributed by atoms with Gasteiger partial charge in [-0.2, -0.15) is 0 Å². The summed E-state index contributed by atoms with van der Waals surface area (Å²) in [4.78, 5) is 0. The molecule has 1 aromatic rings. The van der Waals surface area contributed by atoms with Crippen LogP contribution in [0.15, 0.2) is 18.2 Å². The minimum absolute atomic E-state index is 0.0797. The summed E-state index contributed by atoms with van der Waals surface area (Å²) in [5.41, 5.74) is -0.509. The van der Waals surface area contributed by atoms with Crippen LogP contribution in [-0.2, 0) is 5.60 Å². The van der Waals surface area contributed by atoms with Gasteiger partial charge in [0.2, 0.25) is 8.32 Å². The molecule has 1 aliphatic rings. The molecular weight excluding hydrogens is 292 g/mol. The summed E-state index contributed by atoms with van der Waals surface area (Å²) in [7, 11) is -2.01. The Hall–Kier alpha value is -0.843. The summed E-state index contributed by atoms with van der Waals surface area (Å²) in [6, 6.07) is 5.85. The zero-order valence-corrected chi connectivity index (χ0v) is 15.9. The summed E-state index contributed by atoms with van der Waals surface area (Å²) in [5.74, 6) is 0.719. The highest BCUT2D eigenvalue weighted by atomic mass is 28.4. The average Bonchev–Trinajstić information content (AvgIpc) is 3.06. The molecular formula is C18H30O3Si. The van der Waals surface area contributed by atoms with Crippen LogP contribution in [0.25, 0.3) is 0 Å². The first kappa shape index (κ1) is 17.5. The van der Waals surface area contributed by atoms with Gasteiger partial charge in [-0.1, -0.05) is 32.9 Å². The summed E-state index contributed by atoms with van der Waals surface area (Å²) in [6.45, 7) is 14.7. The Balaban J connectivity index is 2.46. The molecule has 3 nitrogen and oxygen atoms in total. The van der Waals surface area contributed by atoms with Gasteiger partial charge < -0.3 is 14.6 Å². The smallest absolute Gasteiger partial charge is 0.250 e. The van der Waals surface area contributed by atoms with E-state index in [0.29, 0.717) is 18.4 Å². The number of hydrogen-bond acceptors (Lipinski definition) is 3. The summed E-state index contributed by atoms with van der Waals surface area (Å²) in [5, 5.41) is 21.5. The van der Waals surface area contributed by atoms with Crippen LogP contribution >= 0.6 is 0 Å². The van der Waals surface area contributed by atoms with Crippen LogP contribution in [0.4, 0.5) is 0 Å². The average molecular weight is 323 g/mol. The van der Waals surface area contributed by atoms with Crippen molar-refractivity contribution in [3.8, 4) is 5.75 Å². The fraction of sp³-hybridized carbons (Fsp3) is 0.667. The van der Waals surface area contributed by atoms with Crippen molar-refractivity contribution in [3.05, 3.63) is 29.3 Å². The minimum atomic E-state index is -2.01. The summed E-state index contributed by atoms with van der Waals surface area (Å²) >= 11 is 0. The zero-order chi connectivity index (χ0) is 17.0. The van der Waals surface area contributed by atoms with Gasteiger partial charge in [-0.15, -0.1) is 0 Å². The first-order chi connectivity index (χ1) is 9.80. The molecule has 0 saturated heterocycles. The predicted octanol–water partition coefficient (Wildman–Crippen LogP) is 4.11. The second-order valence-electron chi connectivity index (χ2n) is 8.47. The van der Waals surface area contributed by atoms with Crippen LogP contribution in [0.2, 0.25) is 18.1 Å². The Bertz CT molecular complexity index is 566. The fourth-order valence-electron chi connectivity index (χ4n) is 2.40. The van der Waals surface area contributed by atoms with Crippen LogP contribution in [0.3, 0.4) is 0 Å². The number of rotatable bonds is 4. The van der Waals surface area contributed by atoms with Crippen LogP contribution in [0, 0.1) is 6.92 Å². The molecule has 4 heteroatoms. The normalized spacial score (nSPS) is 20.4. The Morgan fingerprint density at radius 1 is 1.14 bits per heavy atom. The topological polar surface area (TPSA) is 49.7 Å². The molecule has 1 aromatic carbocycles. The van der Waals surface area contributed by atoms with Crippen molar-refractivity contribution >= 4 is 8.32 Å². The van der Waals surface area contributed by atoms with Crippen LogP contribution < -0.4 is 4.43 Å². The Morgan fingerprint density at radius 3 is 2.14 bits per heavy atom. The standard InChI is InChI=1S/C18H30O3Si/c1-13-8-9-14(17(5,19)18(20)10-11-18)15(12-13)21-22(6,7)16(2,3)4/h8-9,12,19-20H,10-11H2,1-7H3. The van der Waals surface area contributed by atoms with Gasteiger partial charge in [-0.3, -0.25) is 0 Å². The molecule has 0 aromatic heterocycles. The van der Waals surface area contributed by atoms with Gasteiger partial charge in [-0.25, -0.2) is 0 Å². The zero-order valence-electron chi connectivity index (χ0n) is 14.9. The summed E-state index contributed by atoms with van der Waals surface area (Å²) in [6.07, 6.45) is 1.26. The van der Waals surface area contributed by atoms with Crippen LogP contribution in [0.5, 0.6) is 5.75 Å². The Morgan fingerprint density at radius 2 is 1.68 bits per heavy atom. The van der Waals surface area contributed by atoms with Crippen molar-refractivity contribution in [1.29, 1.82) is 0 Å². The molecule has 0 bridgehead atoms. The maximum absolute atomic E-state index is 10.9. The highest BCUT2D eigenvalue weighted by Gasteiger charge is 2.57. The molecule has 22 heavy (non-hydrogen) atoms. The Kier molecular flexibility index (Phi) is 4.04. The van der Waals surface area contributed by atoms with E-state index in [2.05, 4.69) is 33.9 Å². The summed E-state index contributed by atoms with van der Waals surface area (Å²) < 4.78 is 6.46. The van der Waals surface area contributed by atoms with Crippen molar-refractivity contribution in [2.24, 2.45) is 0 Å². The van der Waals surface area contributed by atoms with Crippen LogP contribution in [0.1, 0.15) is 51.7 Å². The van der Waals surface area contributed by atoms with Crippen molar-refractivity contribution in [2.75, 3.05) is 0 Å². The lowest BCUT2D eigenvalue weighted by Gasteiger charge is -2.39. The molecule has 1 aliphatic carbocycles. The van der Waals surface area contributed by atoms with Crippen LogP contribution in [-0.4, -0.2) is 24.1 Å². The van der Waals surface area contributed by atoms with E-state index < -0.39 is 19.5 Å². The molecule has 0 heterocycles. The second-order valence-corrected chi connectivity index (χ2v) is 13.2. The molecule has 0 aliphatic heterocycles. The molecule has 124 valence electrons. The van der Waals surface area contributed by atoms with Gasteiger partial charge in [0.25, 0.3) is 0 Å². The van der Waals surface area contributed by atoms with E-state index in [-0.39, 0.29) is 5.04 Å². The van der Waals surface area contributed by atoms with E-state index in [4.69, 9.17) is 4.43 Å². The third kappa shape index (κ3) is 2.96. The van der Waals surface area contributed by atoms with Crippen molar-refractivity contribution in [1.82, 2.24) is 0 Å². The minimum Gasteiger partial charge on any atom is -0.543 e. The molecule has 2 N–H and O–H groups in total. The Labute approximate surface area is 135 Å². The third-order valence-electron chi connectivity index (χ3n) is 5.46. The predicted molar refractivity (Wildman–Crippen MR) is 92.8 cm³/mol. The first-order valence-electron chi connectivity index (χ1n) is 8.05. The quantitative estimate of drug-likeness (QED) is 0.820. The fourth-order valence-corrected chi connectivity index (χ4v) is 3.42. The van der Waals surface area contributed by atoms with E-state index >= 15 is 0 Å². The first-order valence-corrected chi connectivity index (χ1v) is 11.0. The van der Waals surface area contributed by atoms with Crippen molar-refractivity contribution in [2.45, 2.75) is 76.8 Å². The largest absolute Gasteiger partial charge is 0.543 e. The second kappa shape index (κ2) is 5.08. The molecule has 0 spiro atoms. The molecule has 0 radical (unpaired) electrons. The van der Waals surface area contributed by atoms with Gasteiger partial charge in [0.1, 0.15) is 11.4 Å². The van der Waals surface area contributed by atoms with Gasteiger partial charge in [0.15, 0.2) is 0 Å². The molecule has 2 rings (SSSR count). The van der Waals surface area contributed by atoms with Gasteiger partial charge >= 0.3 is 0 Å². The molecule has 1 unspecified atom stereocenters. The molecule has 0 amide bonds. The highest BCUT2D eigenvalue weighted by Crippen LogP contribution is 2.52. The van der Waals surface area contributed by atoms with E-state index in [1.165, 1.54) is 0 Å². The molecule has 1 fully saturated rings. The third-order valence-corrected chi connectivity index (χ3v) is 9.81. The SMILES string of the molecule is Cc1ccc(C(C)(O)C2(O)CC2)c(O[Si](C)(C)C(C)(C)C)c1. The lowest BCUT2D eigenvalue weighted by Crippen LogP contribution is -2.45. The maximum atomic E-state index is 10.9. The van der Waals surface area contributed by atoms with Crippen molar-refractivity contribution in [3.63, 3.8) is 0 Å². The maximum Gasteiger partial charge on any atom is 0.250 e. The lowest BCUT2D eigenvalue weighted by atomic mass is 9.87.